The lowest BCUT2D eigenvalue weighted by atomic mass is 10.2. The molecule has 1 aliphatic heterocycles. The van der Waals surface area contributed by atoms with Gasteiger partial charge in [0.1, 0.15) is 5.75 Å². The molecule has 92 valence electrons. The van der Waals surface area contributed by atoms with E-state index >= 15 is 0 Å². The van der Waals surface area contributed by atoms with Crippen molar-refractivity contribution in [2.45, 2.75) is 0 Å². The highest BCUT2D eigenvalue weighted by atomic mass is 16.5. The highest BCUT2D eigenvalue weighted by Crippen LogP contribution is 2.22. The smallest absolute Gasteiger partial charge is 0.360 e. The van der Waals surface area contributed by atoms with Crippen molar-refractivity contribution < 1.29 is 24.2 Å². The third-order valence-corrected chi connectivity index (χ3v) is 2.32. The van der Waals surface area contributed by atoms with Crippen LogP contribution in [-0.2, 0) is 14.4 Å². The first-order chi connectivity index (χ1) is 8.54. The number of carbonyl (C=O) groups is 3. The summed E-state index contributed by atoms with van der Waals surface area (Å²) in [5, 5.41) is 12.9. The number of anilines is 1. The van der Waals surface area contributed by atoms with Gasteiger partial charge >= 0.3 is 11.9 Å². The van der Waals surface area contributed by atoms with Gasteiger partial charge in [-0.1, -0.05) is 0 Å². The second-order valence-electron chi connectivity index (χ2n) is 3.40. The fourth-order valence-corrected chi connectivity index (χ4v) is 1.43. The third kappa shape index (κ3) is 1.81. The molecule has 0 saturated carbocycles. The lowest BCUT2D eigenvalue weighted by Crippen LogP contribution is -2.29. The van der Waals surface area contributed by atoms with E-state index < -0.39 is 23.4 Å². The van der Waals surface area contributed by atoms with Gasteiger partial charge in [0.2, 0.25) is 5.71 Å². The lowest BCUT2D eigenvalue weighted by Gasteiger charge is -2.10. The summed E-state index contributed by atoms with van der Waals surface area (Å²) < 4.78 is 4.94. The topological polar surface area (TPSA) is 96.3 Å². The number of ketones is 1. The summed E-state index contributed by atoms with van der Waals surface area (Å²) in [6.07, 6.45) is 0. The molecular weight excluding hydrogens is 240 g/mol. The Morgan fingerprint density at radius 2 is 1.89 bits per heavy atom. The molecule has 1 aliphatic rings. The molecule has 7 nitrogen and oxygen atoms in total. The molecule has 0 spiro atoms. The van der Waals surface area contributed by atoms with E-state index in [1.54, 1.807) is 12.1 Å². The van der Waals surface area contributed by atoms with Crippen LogP contribution < -0.4 is 9.75 Å². The zero-order valence-electron chi connectivity index (χ0n) is 9.28. The minimum atomic E-state index is -1.52. The zero-order chi connectivity index (χ0) is 13.3. The summed E-state index contributed by atoms with van der Waals surface area (Å²) in [6, 6.07) is 6.14. The van der Waals surface area contributed by atoms with Crippen LogP contribution in [-0.4, -0.2) is 35.6 Å². The number of hydrazone groups is 1. The van der Waals surface area contributed by atoms with Crippen molar-refractivity contribution in [2.75, 3.05) is 12.1 Å². The SMILES string of the molecule is COc1ccc(N2N=C(C(=O)O)C(=O)C2=O)cc1. The van der Waals surface area contributed by atoms with Crippen LogP contribution in [0.1, 0.15) is 0 Å². The van der Waals surface area contributed by atoms with Crippen molar-refractivity contribution >= 4 is 29.1 Å². The number of carboxylic acids is 1. The van der Waals surface area contributed by atoms with E-state index in [2.05, 4.69) is 5.10 Å². The van der Waals surface area contributed by atoms with Gasteiger partial charge in [0.25, 0.3) is 5.78 Å². The maximum Gasteiger partial charge on any atom is 0.360 e. The molecule has 1 heterocycles. The van der Waals surface area contributed by atoms with E-state index in [4.69, 9.17) is 9.84 Å². The molecule has 0 atom stereocenters. The van der Waals surface area contributed by atoms with Crippen LogP contribution in [0.5, 0.6) is 5.75 Å². The van der Waals surface area contributed by atoms with E-state index in [1.807, 2.05) is 0 Å². The maximum atomic E-state index is 11.5. The predicted molar refractivity (Wildman–Crippen MR) is 60.6 cm³/mol. The number of amides is 1. The van der Waals surface area contributed by atoms with Gasteiger partial charge in [-0.2, -0.15) is 10.1 Å². The Balaban J connectivity index is 2.36. The van der Waals surface area contributed by atoms with Gasteiger partial charge in [-0.15, -0.1) is 0 Å². The summed E-state index contributed by atoms with van der Waals surface area (Å²) in [7, 11) is 1.49. The molecule has 0 radical (unpaired) electrons. The van der Waals surface area contributed by atoms with Crippen molar-refractivity contribution in [1.29, 1.82) is 0 Å². The predicted octanol–water partition coefficient (Wildman–Crippen LogP) is 0.0515. The Bertz CT molecular complexity index is 561. The van der Waals surface area contributed by atoms with Crippen molar-refractivity contribution in [1.82, 2.24) is 0 Å². The number of aliphatic carboxylic acids is 1. The Hall–Kier alpha value is -2.70. The van der Waals surface area contributed by atoms with E-state index in [9.17, 15) is 14.4 Å². The first-order valence-corrected chi connectivity index (χ1v) is 4.89. The Labute approximate surface area is 101 Å². The fraction of sp³-hybridized carbons (Fsp3) is 0.0909. The first-order valence-electron chi connectivity index (χ1n) is 4.89. The van der Waals surface area contributed by atoms with Gasteiger partial charge in [-0.3, -0.25) is 9.59 Å². The first kappa shape index (κ1) is 11.8. The van der Waals surface area contributed by atoms with Crippen LogP contribution in [0.25, 0.3) is 0 Å². The Morgan fingerprint density at radius 1 is 1.28 bits per heavy atom. The third-order valence-electron chi connectivity index (χ3n) is 2.32. The van der Waals surface area contributed by atoms with Crippen LogP contribution in [0.3, 0.4) is 0 Å². The molecular formula is C11H8N2O5. The van der Waals surface area contributed by atoms with Gasteiger partial charge in [0.05, 0.1) is 12.8 Å². The maximum absolute atomic E-state index is 11.5. The number of nitrogens with zero attached hydrogens (tertiary/aromatic N) is 2. The van der Waals surface area contributed by atoms with Crippen molar-refractivity contribution in [3.05, 3.63) is 24.3 Å². The van der Waals surface area contributed by atoms with Crippen LogP contribution in [0.4, 0.5) is 5.69 Å². The highest BCUT2D eigenvalue weighted by molar-refractivity contribution is 6.81. The molecule has 0 saturated heterocycles. The number of benzene rings is 1. The van der Waals surface area contributed by atoms with Crippen LogP contribution in [0, 0.1) is 0 Å². The number of hydrogen-bond acceptors (Lipinski definition) is 5. The number of ether oxygens (including phenoxy) is 1. The number of hydrogen-bond donors (Lipinski definition) is 1. The number of rotatable bonds is 3. The van der Waals surface area contributed by atoms with Gasteiger partial charge in [-0.05, 0) is 24.3 Å². The van der Waals surface area contributed by atoms with E-state index in [1.165, 1.54) is 19.2 Å². The molecule has 0 bridgehead atoms. The summed E-state index contributed by atoms with van der Waals surface area (Å²) in [5.41, 5.74) is -0.485. The fourth-order valence-electron chi connectivity index (χ4n) is 1.43. The molecule has 1 N–H and O–H groups in total. The van der Waals surface area contributed by atoms with Gasteiger partial charge in [0.15, 0.2) is 0 Å². The van der Waals surface area contributed by atoms with Crippen molar-refractivity contribution in [3.63, 3.8) is 0 Å². The molecule has 1 amide bonds. The molecule has 7 heteroatoms. The van der Waals surface area contributed by atoms with Gasteiger partial charge in [-0.25, -0.2) is 4.79 Å². The molecule has 0 unspecified atom stereocenters. The quantitative estimate of drug-likeness (QED) is 0.762. The molecule has 1 aromatic rings. The normalized spacial score (nSPS) is 14.7. The summed E-state index contributed by atoms with van der Waals surface area (Å²) in [6.45, 7) is 0. The number of methoxy groups -OCH3 is 1. The van der Waals surface area contributed by atoms with Crippen LogP contribution in [0.2, 0.25) is 0 Å². The van der Waals surface area contributed by atoms with E-state index in [-0.39, 0.29) is 0 Å². The van der Waals surface area contributed by atoms with E-state index in [0.717, 1.165) is 5.01 Å². The van der Waals surface area contributed by atoms with E-state index in [0.29, 0.717) is 11.4 Å². The number of carboxylic acid groups (broad SMARTS) is 1. The average Bonchev–Trinajstić information content (AvgIpc) is 2.67. The summed E-state index contributed by atoms with van der Waals surface area (Å²) >= 11 is 0. The molecule has 2 rings (SSSR count). The molecule has 0 aliphatic carbocycles. The van der Waals surface area contributed by atoms with Gasteiger partial charge < -0.3 is 9.84 Å². The minimum absolute atomic E-state index is 0.297. The zero-order valence-corrected chi connectivity index (χ0v) is 9.28. The monoisotopic (exact) mass is 248 g/mol. The Morgan fingerprint density at radius 3 is 2.33 bits per heavy atom. The molecule has 0 fully saturated rings. The largest absolute Gasteiger partial charge is 0.497 e. The molecule has 1 aromatic carbocycles. The number of carbonyl (C=O) groups excluding carboxylic acids is 2. The van der Waals surface area contributed by atoms with Crippen molar-refractivity contribution in [3.8, 4) is 5.75 Å². The lowest BCUT2D eigenvalue weighted by molar-refractivity contribution is -0.134. The second-order valence-corrected chi connectivity index (χ2v) is 3.40. The Kier molecular flexibility index (Phi) is 2.80. The van der Waals surface area contributed by atoms with Gasteiger partial charge in [0, 0.05) is 0 Å². The summed E-state index contributed by atoms with van der Waals surface area (Å²) in [4.78, 5) is 33.6. The minimum Gasteiger partial charge on any atom is -0.497 e. The average molecular weight is 248 g/mol. The van der Waals surface area contributed by atoms with Crippen LogP contribution in [0.15, 0.2) is 29.4 Å². The summed E-state index contributed by atoms with van der Waals surface area (Å²) in [5.74, 6) is -3.07. The molecule has 0 aromatic heterocycles. The standard InChI is InChI=1S/C11H8N2O5/c1-18-7-4-2-6(3-5-7)13-10(15)9(14)8(12-13)11(16)17/h2-5H,1H3,(H,16,17). The van der Waals surface area contributed by atoms with Crippen LogP contribution >= 0.6 is 0 Å². The second kappa shape index (κ2) is 4.28. The molecule has 18 heavy (non-hydrogen) atoms. The highest BCUT2D eigenvalue weighted by Gasteiger charge is 2.38. The number of Topliss-reactive ketones (excluding diaryl/α,β-unsaturated/α-hetero) is 1. The van der Waals surface area contributed by atoms with Crippen molar-refractivity contribution in [2.24, 2.45) is 5.10 Å².